The Kier molecular flexibility index (Phi) is 8.46. The lowest BCUT2D eigenvalue weighted by atomic mass is 10.1. The summed E-state index contributed by atoms with van der Waals surface area (Å²) in [6.07, 6.45) is 0.102. The van der Waals surface area contributed by atoms with Crippen molar-refractivity contribution in [3.63, 3.8) is 0 Å². The maximum absolute atomic E-state index is 12.9. The van der Waals surface area contributed by atoms with E-state index in [1.807, 2.05) is 19.1 Å². The molecule has 1 aliphatic rings. The Labute approximate surface area is 224 Å². The van der Waals surface area contributed by atoms with E-state index in [0.29, 0.717) is 38.7 Å². The third kappa shape index (κ3) is 6.16. The number of hydrogen-bond donors (Lipinski definition) is 2. The molecule has 3 aromatic carbocycles. The summed E-state index contributed by atoms with van der Waals surface area (Å²) in [6, 6.07) is 17.4. The fourth-order valence-corrected chi connectivity index (χ4v) is 4.48. The number of rotatable bonds is 9. The molecular formula is C26H24Cl3N3O4. The second kappa shape index (κ2) is 11.7. The Morgan fingerprint density at radius 1 is 1.03 bits per heavy atom. The van der Waals surface area contributed by atoms with E-state index in [4.69, 9.17) is 44.3 Å². The Balaban J connectivity index is 1.38. The zero-order chi connectivity index (χ0) is 25.7. The number of ether oxygens (including phenoxy) is 2. The number of carbonyl (C=O) groups is 2. The molecule has 4 rings (SSSR count). The lowest BCUT2D eigenvalue weighted by molar-refractivity contribution is -0.125. The average molecular weight is 549 g/mol. The molecule has 3 aromatic rings. The Bertz CT molecular complexity index is 1230. The Morgan fingerprint density at radius 3 is 2.44 bits per heavy atom. The number of hydrazine groups is 1. The summed E-state index contributed by atoms with van der Waals surface area (Å²) in [4.78, 5) is 27.0. The summed E-state index contributed by atoms with van der Waals surface area (Å²) in [5.41, 5.74) is 7.35. The molecule has 1 heterocycles. The van der Waals surface area contributed by atoms with Crippen molar-refractivity contribution in [2.45, 2.75) is 20.0 Å². The van der Waals surface area contributed by atoms with Crippen LogP contribution in [-0.4, -0.2) is 25.0 Å². The van der Waals surface area contributed by atoms with E-state index in [1.165, 1.54) is 0 Å². The van der Waals surface area contributed by atoms with Gasteiger partial charge in [-0.05, 0) is 61.5 Å². The third-order valence-corrected chi connectivity index (χ3v) is 6.59. The molecule has 0 aromatic heterocycles. The molecule has 7 nitrogen and oxygen atoms in total. The molecule has 2 amide bonds. The van der Waals surface area contributed by atoms with Crippen molar-refractivity contribution in [1.29, 1.82) is 0 Å². The van der Waals surface area contributed by atoms with E-state index in [-0.39, 0.29) is 31.4 Å². The van der Waals surface area contributed by atoms with Crippen LogP contribution in [0.5, 0.6) is 11.5 Å². The summed E-state index contributed by atoms with van der Waals surface area (Å²) in [6.45, 7) is 2.85. The highest BCUT2D eigenvalue weighted by Crippen LogP contribution is 2.31. The van der Waals surface area contributed by atoms with Gasteiger partial charge in [-0.2, -0.15) is 0 Å². The van der Waals surface area contributed by atoms with Gasteiger partial charge in [-0.3, -0.25) is 20.4 Å². The first kappa shape index (κ1) is 25.9. The molecule has 1 aliphatic heterocycles. The molecule has 10 heteroatoms. The van der Waals surface area contributed by atoms with E-state index in [2.05, 4.69) is 10.9 Å². The number of hydrogen-bond acceptors (Lipinski definition) is 5. The van der Waals surface area contributed by atoms with Gasteiger partial charge in [0.25, 0.3) is 0 Å². The van der Waals surface area contributed by atoms with Gasteiger partial charge in [0.2, 0.25) is 11.8 Å². The van der Waals surface area contributed by atoms with Gasteiger partial charge in [0.1, 0.15) is 18.1 Å². The van der Waals surface area contributed by atoms with Gasteiger partial charge in [0.15, 0.2) is 0 Å². The normalized spacial score (nSPS) is 15.1. The number of benzene rings is 3. The topological polar surface area (TPSA) is 79.9 Å². The zero-order valence-corrected chi connectivity index (χ0v) is 21.7. The highest BCUT2D eigenvalue weighted by atomic mass is 35.5. The maximum atomic E-state index is 12.9. The number of halogens is 3. The van der Waals surface area contributed by atoms with Gasteiger partial charge in [-0.1, -0.05) is 40.9 Å². The summed E-state index contributed by atoms with van der Waals surface area (Å²) in [7, 11) is 0. The van der Waals surface area contributed by atoms with Crippen molar-refractivity contribution < 1.29 is 19.1 Å². The SMILES string of the molecule is CCOc1ccc(N2C[C@H](C(=O)NNc3cc(Cl)ccc3OCc3c(Cl)cccc3Cl)CC2=O)cc1. The van der Waals surface area contributed by atoms with Crippen molar-refractivity contribution in [3.05, 3.63) is 81.3 Å². The smallest absolute Gasteiger partial charge is 0.243 e. The van der Waals surface area contributed by atoms with Crippen molar-refractivity contribution in [2.75, 3.05) is 23.5 Å². The molecule has 1 fully saturated rings. The number of anilines is 2. The molecule has 0 spiro atoms. The number of carbonyl (C=O) groups excluding carboxylic acids is 2. The first-order chi connectivity index (χ1) is 17.4. The minimum atomic E-state index is -0.526. The van der Waals surface area contributed by atoms with Gasteiger partial charge in [0, 0.05) is 39.3 Å². The van der Waals surface area contributed by atoms with Crippen LogP contribution in [0.15, 0.2) is 60.7 Å². The summed E-state index contributed by atoms with van der Waals surface area (Å²) in [5, 5.41) is 1.43. The molecular weight excluding hydrogens is 525 g/mol. The van der Waals surface area contributed by atoms with E-state index in [9.17, 15) is 9.59 Å². The molecule has 2 N–H and O–H groups in total. The minimum Gasteiger partial charge on any atom is -0.494 e. The highest BCUT2D eigenvalue weighted by molar-refractivity contribution is 6.36. The predicted octanol–water partition coefficient (Wildman–Crippen LogP) is 6.12. The molecule has 0 aliphatic carbocycles. The summed E-state index contributed by atoms with van der Waals surface area (Å²) >= 11 is 18.6. The summed E-state index contributed by atoms with van der Waals surface area (Å²) < 4.78 is 11.3. The van der Waals surface area contributed by atoms with Gasteiger partial charge < -0.3 is 14.4 Å². The lowest BCUT2D eigenvalue weighted by Crippen LogP contribution is -2.36. The summed E-state index contributed by atoms with van der Waals surface area (Å²) in [5.74, 6) is 0.193. The van der Waals surface area contributed by atoms with Crippen LogP contribution in [0.2, 0.25) is 15.1 Å². The van der Waals surface area contributed by atoms with Crippen LogP contribution < -0.4 is 25.2 Å². The van der Waals surface area contributed by atoms with Crippen molar-refractivity contribution in [1.82, 2.24) is 5.43 Å². The second-order valence-corrected chi connectivity index (χ2v) is 9.33. The Hall–Kier alpha value is -3.13. The number of nitrogens with one attached hydrogen (secondary N) is 2. The maximum Gasteiger partial charge on any atom is 0.243 e. The predicted molar refractivity (Wildman–Crippen MR) is 142 cm³/mol. The van der Waals surface area contributed by atoms with Crippen molar-refractivity contribution >= 4 is 58.0 Å². The van der Waals surface area contributed by atoms with Gasteiger partial charge in [-0.15, -0.1) is 0 Å². The second-order valence-electron chi connectivity index (χ2n) is 8.08. The molecule has 1 saturated heterocycles. The van der Waals surface area contributed by atoms with E-state index >= 15 is 0 Å². The Morgan fingerprint density at radius 2 is 1.75 bits per heavy atom. The van der Waals surface area contributed by atoms with E-state index < -0.39 is 5.92 Å². The van der Waals surface area contributed by atoms with Crippen LogP contribution >= 0.6 is 34.8 Å². The van der Waals surface area contributed by atoms with E-state index in [1.54, 1.807) is 53.4 Å². The fraction of sp³-hybridized carbons (Fsp3) is 0.231. The van der Waals surface area contributed by atoms with Crippen LogP contribution in [0.1, 0.15) is 18.9 Å². The average Bonchev–Trinajstić information content (AvgIpc) is 3.25. The highest BCUT2D eigenvalue weighted by Gasteiger charge is 2.35. The molecule has 0 radical (unpaired) electrons. The van der Waals surface area contributed by atoms with Crippen LogP contribution in [0.4, 0.5) is 11.4 Å². The molecule has 0 bridgehead atoms. The van der Waals surface area contributed by atoms with Crippen molar-refractivity contribution in [3.8, 4) is 11.5 Å². The van der Waals surface area contributed by atoms with Gasteiger partial charge in [-0.25, -0.2) is 0 Å². The van der Waals surface area contributed by atoms with Crippen molar-refractivity contribution in [2.24, 2.45) is 5.92 Å². The third-order valence-electron chi connectivity index (χ3n) is 5.65. The zero-order valence-electron chi connectivity index (χ0n) is 19.4. The molecule has 0 saturated carbocycles. The van der Waals surface area contributed by atoms with Gasteiger partial charge in [0.05, 0.1) is 18.2 Å². The first-order valence-electron chi connectivity index (χ1n) is 11.3. The number of nitrogens with zero attached hydrogens (tertiary/aromatic N) is 1. The van der Waals surface area contributed by atoms with Gasteiger partial charge >= 0.3 is 0 Å². The van der Waals surface area contributed by atoms with E-state index in [0.717, 1.165) is 11.4 Å². The molecule has 1 atom stereocenters. The molecule has 0 unspecified atom stereocenters. The standard InChI is InChI=1S/C26H24Cl3N3O4/c1-2-35-19-9-7-18(8-10-19)32-14-16(12-25(32)33)26(34)31-30-23-13-17(27)6-11-24(23)36-15-20-21(28)4-3-5-22(20)29/h3-11,13,16,30H,2,12,14-15H2,1H3,(H,31,34)/t16-/m1/s1. The van der Waals surface area contributed by atoms with Crippen LogP contribution in [0, 0.1) is 5.92 Å². The number of amides is 2. The lowest BCUT2D eigenvalue weighted by Gasteiger charge is -2.18. The molecule has 36 heavy (non-hydrogen) atoms. The fourth-order valence-electron chi connectivity index (χ4n) is 3.80. The largest absolute Gasteiger partial charge is 0.494 e. The van der Waals surface area contributed by atoms with Crippen LogP contribution in [0.3, 0.4) is 0 Å². The van der Waals surface area contributed by atoms with Crippen LogP contribution in [0.25, 0.3) is 0 Å². The minimum absolute atomic E-state index is 0.102. The monoisotopic (exact) mass is 547 g/mol. The van der Waals surface area contributed by atoms with Crippen LogP contribution in [-0.2, 0) is 16.2 Å². The molecule has 188 valence electrons. The quantitative estimate of drug-likeness (QED) is 0.315. The first-order valence-corrected chi connectivity index (χ1v) is 12.4.